The quantitative estimate of drug-likeness (QED) is 0.733. The van der Waals surface area contributed by atoms with Gasteiger partial charge in [-0.15, -0.1) is 0 Å². The minimum Gasteiger partial charge on any atom is -0.410 e. The summed E-state index contributed by atoms with van der Waals surface area (Å²) >= 11 is 0. The largest absolute Gasteiger partial charge is 0.419 e. The molecule has 0 aliphatic heterocycles. The zero-order valence-electron chi connectivity index (χ0n) is 13.8. The summed E-state index contributed by atoms with van der Waals surface area (Å²) in [6, 6.07) is 21.8. The van der Waals surface area contributed by atoms with E-state index in [4.69, 9.17) is 4.74 Å². The van der Waals surface area contributed by atoms with Gasteiger partial charge in [-0.1, -0.05) is 48.5 Å². The Morgan fingerprint density at radius 2 is 1.64 bits per heavy atom. The summed E-state index contributed by atoms with van der Waals surface area (Å²) in [6.45, 7) is 0.470. The Hall–Kier alpha value is -3.34. The average Bonchev–Trinajstić information content (AvgIpc) is 2.65. The molecule has 0 aliphatic carbocycles. The average molecular weight is 334 g/mol. The van der Waals surface area contributed by atoms with Gasteiger partial charge < -0.3 is 9.30 Å². The van der Waals surface area contributed by atoms with Gasteiger partial charge in [0.25, 0.3) is 5.56 Å². The van der Waals surface area contributed by atoms with Crippen molar-refractivity contribution in [1.29, 1.82) is 0 Å². The van der Waals surface area contributed by atoms with E-state index in [-0.39, 0.29) is 11.3 Å². The summed E-state index contributed by atoms with van der Waals surface area (Å²) in [6.07, 6.45) is 1.08. The predicted octanol–water partition coefficient (Wildman–Crippen LogP) is 3.53. The van der Waals surface area contributed by atoms with Crippen molar-refractivity contribution >= 4 is 11.8 Å². The van der Waals surface area contributed by atoms with Crippen LogP contribution in [0, 0.1) is 0 Å². The maximum atomic E-state index is 12.2. The summed E-state index contributed by atoms with van der Waals surface area (Å²) in [5, 5.41) is 0. The number of benzene rings is 2. The summed E-state index contributed by atoms with van der Waals surface area (Å²) in [5.74, 6) is 0.224. The fraction of sp³-hybridized carbons (Fsp3) is 0.100. The minimum atomic E-state index is -0.550. The predicted molar refractivity (Wildman–Crippen MR) is 97.1 cm³/mol. The van der Waals surface area contributed by atoms with Gasteiger partial charge in [-0.05, 0) is 23.8 Å². The fourth-order valence-electron chi connectivity index (χ4n) is 2.39. The molecule has 5 nitrogen and oxygen atoms in total. The van der Waals surface area contributed by atoms with Crippen LogP contribution in [0.3, 0.4) is 0 Å². The van der Waals surface area contributed by atoms with Crippen LogP contribution in [0.15, 0.2) is 83.8 Å². The Morgan fingerprint density at radius 3 is 2.28 bits per heavy atom. The van der Waals surface area contributed by atoms with Crippen LogP contribution >= 0.6 is 0 Å². The molecule has 1 amide bonds. The van der Waals surface area contributed by atoms with Crippen molar-refractivity contribution in [1.82, 2.24) is 4.57 Å². The van der Waals surface area contributed by atoms with Crippen LogP contribution in [0.5, 0.6) is 5.75 Å². The van der Waals surface area contributed by atoms with Crippen molar-refractivity contribution < 1.29 is 9.53 Å². The summed E-state index contributed by atoms with van der Waals surface area (Å²) in [7, 11) is 1.62. The topological polar surface area (TPSA) is 51.5 Å². The van der Waals surface area contributed by atoms with Crippen molar-refractivity contribution in [2.45, 2.75) is 6.54 Å². The molecule has 2 aromatic carbocycles. The number of pyridine rings is 1. The molecule has 3 rings (SSSR count). The van der Waals surface area contributed by atoms with E-state index in [0.29, 0.717) is 12.2 Å². The van der Waals surface area contributed by atoms with E-state index < -0.39 is 6.09 Å². The number of amides is 1. The molecule has 0 aliphatic rings. The summed E-state index contributed by atoms with van der Waals surface area (Å²) in [5.41, 5.74) is 1.51. The van der Waals surface area contributed by atoms with Gasteiger partial charge in [-0.3, -0.25) is 9.69 Å². The highest BCUT2D eigenvalue weighted by Crippen LogP contribution is 2.14. The molecular weight excluding hydrogens is 316 g/mol. The van der Waals surface area contributed by atoms with Gasteiger partial charge in [0.05, 0.1) is 6.54 Å². The Balaban J connectivity index is 1.70. The lowest BCUT2D eigenvalue weighted by Crippen LogP contribution is -2.30. The minimum absolute atomic E-state index is 0.224. The highest BCUT2D eigenvalue weighted by molar-refractivity contribution is 5.88. The van der Waals surface area contributed by atoms with Gasteiger partial charge in [0.2, 0.25) is 0 Å². The van der Waals surface area contributed by atoms with Crippen LogP contribution in [-0.4, -0.2) is 17.7 Å². The lowest BCUT2D eigenvalue weighted by Gasteiger charge is -2.16. The molecule has 0 N–H and O–H groups in total. The Morgan fingerprint density at radius 1 is 1.00 bits per heavy atom. The number of ether oxygens (including phenoxy) is 1. The molecule has 3 aromatic rings. The van der Waals surface area contributed by atoms with Crippen LogP contribution in [0.25, 0.3) is 0 Å². The normalized spacial score (nSPS) is 10.3. The molecule has 0 saturated heterocycles. The lowest BCUT2D eigenvalue weighted by atomic mass is 10.2. The second-order valence-corrected chi connectivity index (χ2v) is 5.58. The zero-order chi connectivity index (χ0) is 17.6. The van der Waals surface area contributed by atoms with Gasteiger partial charge in [0, 0.05) is 25.0 Å². The lowest BCUT2D eigenvalue weighted by molar-refractivity contribution is 0.209. The molecular formula is C20H18N2O3. The Bertz CT molecular complexity index is 905. The number of hydrogen-bond donors (Lipinski definition) is 0. The van der Waals surface area contributed by atoms with Crippen molar-refractivity contribution in [3.8, 4) is 5.75 Å². The maximum absolute atomic E-state index is 12.2. The van der Waals surface area contributed by atoms with Crippen molar-refractivity contribution in [2.75, 3.05) is 11.9 Å². The highest BCUT2D eigenvalue weighted by Gasteiger charge is 2.13. The van der Waals surface area contributed by atoms with Crippen molar-refractivity contribution in [3.05, 3.63) is 94.9 Å². The molecule has 0 unspecified atom stereocenters. The molecule has 0 radical (unpaired) electrons. The van der Waals surface area contributed by atoms with Crippen LogP contribution < -0.4 is 15.2 Å². The van der Waals surface area contributed by atoms with Gasteiger partial charge in [-0.25, -0.2) is 4.79 Å². The third kappa shape index (κ3) is 4.14. The molecule has 0 spiro atoms. The van der Waals surface area contributed by atoms with Crippen molar-refractivity contribution in [3.63, 3.8) is 0 Å². The van der Waals surface area contributed by atoms with E-state index >= 15 is 0 Å². The monoisotopic (exact) mass is 334 g/mol. The number of rotatable bonds is 4. The van der Waals surface area contributed by atoms with Crippen LogP contribution in [-0.2, 0) is 6.54 Å². The van der Waals surface area contributed by atoms with Gasteiger partial charge in [-0.2, -0.15) is 0 Å². The van der Waals surface area contributed by atoms with E-state index in [9.17, 15) is 9.59 Å². The molecule has 5 heteroatoms. The van der Waals surface area contributed by atoms with Gasteiger partial charge >= 0.3 is 6.09 Å². The van der Waals surface area contributed by atoms with Crippen LogP contribution in [0.4, 0.5) is 10.5 Å². The highest BCUT2D eigenvalue weighted by atomic mass is 16.6. The van der Waals surface area contributed by atoms with Crippen molar-refractivity contribution in [2.24, 2.45) is 0 Å². The number of anilines is 1. The first-order chi connectivity index (χ1) is 12.1. The van der Waals surface area contributed by atoms with E-state index in [2.05, 4.69) is 0 Å². The number of hydrogen-bond acceptors (Lipinski definition) is 3. The summed E-state index contributed by atoms with van der Waals surface area (Å²) in [4.78, 5) is 25.8. The van der Waals surface area contributed by atoms with E-state index in [1.165, 1.54) is 11.0 Å². The second-order valence-electron chi connectivity index (χ2n) is 5.58. The molecule has 25 heavy (non-hydrogen) atoms. The molecule has 126 valence electrons. The van der Waals surface area contributed by atoms with Gasteiger partial charge in [0.15, 0.2) is 0 Å². The Kier molecular flexibility index (Phi) is 4.95. The number of para-hydroxylation sites is 1. The van der Waals surface area contributed by atoms with Crippen LogP contribution in [0.2, 0.25) is 0 Å². The number of carbonyl (C=O) groups excluding carboxylic acids is 1. The summed E-state index contributed by atoms with van der Waals surface area (Å²) < 4.78 is 6.85. The number of aromatic nitrogens is 1. The first kappa shape index (κ1) is 16.5. The Labute approximate surface area is 145 Å². The van der Waals surface area contributed by atoms with Crippen LogP contribution in [0.1, 0.15) is 5.56 Å². The molecule has 1 aromatic heterocycles. The standard InChI is InChI=1S/C20H18N2O3/c1-21(17-10-6-3-7-11-17)20(24)25-18-12-13-22(19(23)14-18)15-16-8-4-2-5-9-16/h2-14H,15H2,1H3. The zero-order valence-corrected chi connectivity index (χ0v) is 13.8. The second kappa shape index (κ2) is 7.49. The van der Waals surface area contributed by atoms with Gasteiger partial charge in [0.1, 0.15) is 5.75 Å². The number of carbonyl (C=O) groups is 1. The van der Waals surface area contributed by atoms with E-state index in [1.54, 1.807) is 36.0 Å². The first-order valence-corrected chi connectivity index (χ1v) is 7.88. The maximum Gasteiger partial charge on any atom is 0.419 e. The molecule has 0 bridgehead atoms. The molecule has 1 heterocycles. The third-order valence-corrected chi connectivity index (χ3v) is 3.79. The molecule has 0 atom stereocenters. The SMILES string of the molecule is CN(C(=O)Oc1ccn(Cc2ccccc2)c(=O)c1)c1ccccc1. The first-order valence-electron chi connectivity index (χ1n) is 7.88. The fourth-order valence-corrected chi connectivity index (χ4v) is 2.39. The van der Waals surface area contributed by atoms with E-state index in [1.807, 2.05) is 48.5 Å². The third-order valence-electron chi connectivity index (χ3n) is 3.79. The molecule has 0 saturated carbocycles. The van der Waals surface area contributed by atoms with E-state index in [0.717, 1.165) is 5.56 Å². The number of nitrogens with zero attached hydrogens (tertiary/aromatic N) is 2. The molecule has 0 fully saturated rings. The smallest absolute Gasteiger partial charge is 0.410 e.